The van der Waals surface area contributed by atoms with Crippen molar-refractivity contribution in [1.29, 1.82) is 0 Å². The molecule has 1 fully saturated rings. The Kier molecular flexibility index (Phi) is 4.17. The second-order valence-corrected chi connectivity index (χ2v) is 5.72. The number of ether oxygens (including phenoxy) is 1. The molecular formula is C13H19OP. The molecule has 15 heavy (non-hydrogen) atoms. The minimum absolute atomic E-state index is 0.774. The maximum Gasteiger partial charge on any atom is 0.0717 e. The Morgan fingerprint density at radius 3 is 2.67 bits per heavy atom. The molecule has 2 heteroatoms. The van der Waals surface area contributed by atoms with Gasteiger partial charge in [-0.3, -0.25) is 0 Å². The van der Waals surface area contributed by atoms with Crippen molar-refractivity contribution < 1.29 is 4.74 Å². The van der Waals surface area contributed by atoms with Crippen molar-refractivity contribution in [3.63, 3.8) is 0 Å². The van der Waals surface area contributed by atoms with Gasteiger partial charge in [-0.1, -0.05) is 30.3 Å². The van der Waals surface area contributed by atoms with E-state index in [0.29, 0.717) is 0 Å². The lowest BCUT2D eigenvalue weighted by Crippen LogP contribution is -2.28. The molecule has 0 aromatic heterocycles. The zero-order valence-corrected chi connectivity index (χ0v) is 10.3. The van der Waals surface area contributed by atoms with Crippen molar-refractivity contribution in [2.24, 2.45) is 5.92 Å². The Morgan fingerprint density at radius 2 is 2.00 bits per heavy atom. The lowest BCUT2D eigenvalue weighted by Gasteiger charge is -2.34. The molecule has 1 nitrogen and oxygen atoms in total. The maximum atomic E-state index is 5.72. The van der Waals surface area contributed by atoms with Crippen molar-refractivity contribution in [1.82, 2.24) is 0 Å². The summed E-state index contributed by atoms with van der Waals surface area (Å²) in [5, 5.41) is 0. The van der Waals surface area contributed by atoms with Crippen molar-refractivity contribution in [3.05, 3.63) is 35.9 Å². The van der Waals surface area contributed by atoms with Gasteiger partial charge in [-0.05, 0) is 36.6 Å². The fourth-order valence-corrected chi connectivity index (χ4v) is 3.16. The molecule has 1 aliphatic carbocycles. The van der Waals surface area contributed by atoms with Crippen LogP contribution in [0.5, 0.6) is 0 Å². The van der Waals surface area contributed by atoms with E-state index in [0.717, 1.165) is 33.4 Å². The SMILES string of the molecule is CPC1CC(COCc2ccccc2)C1. The average Bonchev–Trinajstić information content (AvgIpc) is 2.23. The van der Waals surface area contributed by atoms with Crippen LogP contribution in [0.2, 0.25) is 0 Å². The largest absolute Gasteiger partial charge is 0.376 e. The Bertz CT molecular complexity index is 280. The van der Waals surface area contributed by atoms with E-state index in [1.54, 1.807) is 0 Å². The van der Waals surface area contributed by atoms with Crippen molar-refractivity contribution >= 4 is 8.58 Å². The third kappa shape index (κ3) is 3.29. The minimum atomic E-state index is 0.774. The molecule has 2 rings (SSSR count). The highest BCUT2D eigenvalue weighted by atomic mass is 31.1. The van der Waals surface area contributed by atoms with E-state index in [-0.39, 0.29) is 0 Å². The zero-order chi connectivity index (χ0) is 10.5. The van der Waals surface area contributed by atoms with Crippen LogP contribution in [0.1, 0.15) is 18.4 Å². The molecule has 1 unspecified atom stereocenters. The average molecular weight is 222 g/mol. The van der Waals surface area contributed by atoms with Crippen LogP contribution >= 0.6 is 8.58 Å². The van der Waals surface area contributed by atoms with Crippen LogP contribution in [-0.2, 0) is 11.3 Å². The summed E-state index contributed by atoms with van der Waals surface area (Å²) in [6.07, 6.45) is 2.79. The van der Waals surface area contributed by atoms with E-state index in [2.05, 4.69) is 30.9 Å². The van der Waals surface area contributed by atoms with Gasteiger partial charge in [0.15, 0.2) is 0 Å². The summed E-state index contributed by atoms with van der Waals surface area (Å²) >= 11 is 0. The molecule has 1 saturated carbocycles. The van der Waals surface area contributed by atoms with Gasteiger partial charge in [-0.15, -0.1) is 8.58 Å². The molecule has 1 aliphatic rings. The number of rotatable bonds is 5. The Morgan fingerprint density at radius 1 is 1.27 bits per heavy atom. The van der Waals surface area contributed by atoms with Gasteiger partial charge in [0.25, 0.3) is 0 Å². The molecule has 0 radical (unpaired) electrons. The second kappa shape index (κ2) is 5.63. The first-order valence-corrected chi connectivity index (χ1v) is 7.25. The van der Waals surface area contributed by atoms with Crippen LogP contribution in [0.3, 0.4) is 0 Å². The van der Waals surface area contributed by atoms with E-state index < -0.39 is 0 Å². The molecule has 1 atom stereocenters. The van der Waals surface area contributed by atoms with Crippen LogP contribution in [0, 0.1) is 5.92 Å². The monoisotopic (exact) mass is 222 g/mol. The minimum Gasteiger partial charge on any atom is -0.376 e. The highest BCUT2D eigenvalue weighted by molar-refractivity contribution is 7.38. The summed E-state index contributed by atoms with van der Waals surface area (Å²) in [5.41, 5.74) is 2.29. The normalized spacial score (nSPS) is 25.7. The fourth-order valence-electron chi connectivity index (χ4n) is 2.03. The van der Waals surface area contributed by atoms with E-state index >= 15 is 0 Å². The highest BCUT2D eigenvalue weighted by Crippen LogP contribution is 2.38. The van der Waals surface area contributed by atoms with Gasteiger partial charge in [0.05, 0.1) is 6.61 Å². The predicted molar refractivity (Wildman–Crippen MR) is 66.8 cm³/mol. The molecular weight excluding hydrogens is 203 g/mol. The summed E-state index contributed by atoms with van der Waals surface area (Å²) in [6, 6.07) is 10.4. The van der Waals surface area contributed by atoms with Crippen molar-refractivity contribution in [2.75, 3.05) is 13.3 Å². The topological polar surface area (TPSA) is 9.23 Å². The van der Waals surface area contributed by atoms with Gasteiger partial charge in [0.2, 0.25) is 0 Å². The lowest BCUT2D eigenvalue weighted by molar-refractivity contribution is 0.0616. The molecule has 0 amide bonds. The third-order valence-corrected chi connectivity index (χ3v) is 4.40. The van der Waals surface area contributed by atoms with Gasteiger partial charge in [-0.2, -0.15) is 0 Å². The molecule has 0 heterocycles. The highest BCUT2D eigenvalue weighted by Gasteiger charge is 2.27. The van der Waals surface area contributed by atoms with Gasteiger partial charge in [0, 0.05) is 6.61 Å². The standard InChI is InChI=1S/C13H19OP/c1-15-13-7-12(8-13)10-14-9-11-5-3-2-4-6-11/h2-6,12-13,15H,7-10H2,1H3. The maximum absolute atomic E-state index is 5.72. The molecule has 1 aromatic rings. The lowest BCUT2D eigenvalue weighted by atomic mass is 9.85. The second-order valence-electron chi connectivity index (χ2n) is 4.32. The molecule has 0 bridgehead atoms. The van der Waals surface area contributed by atoms with E-state index in [9.17, 15) is 0 Å². The third-order valence-electron chi connectivity index (χ3n) is 3.11. The van der Waals surface area contributed by atoms with Crippen molar-refractivity contribution in [2.45, 2.75) is 25.1 Å². The predicted octanol–water partition coefficient (Wildman–Crippen LogP) is 3.29. The molecule has 82 valence electrons. The number of hydrogen-bond donors (Lipinski definition) is 0. The van der Waals surface area contributed by atoms with Crippen LogP contribution < -0.4 is 0 Å². The van der Waals surface area contributed by atoms with Gasteiger partial charge < -0.3 is 4.74 Å². The van der Waals surface area contributed by atoms with E-state index in [1.165, 1.54) is 18.4 Å². The molecule has 1 aromatic carbocycles. The van der Waals surface area contributed by atoms with E-state index in [1.807, 2.05) is 6.07 Å². The van der Waals surface area contributed by atoms with Crippen LogP contribution in [0.15, 0.2) is 30.3 Å². The summed E-state index contributed by atoms with van der Waals surface area (Å²) in [7, 11) is 1.13. The Hall–Kier alpha value is -0.390. The van der Waals surface area contributed by atoms with Crippen LogP contribution in [0.4, 0.5) is 0 Å². The Balaban J connectivity index is 1.60. The first kappa shape index (κ1) is 11.1. The quantitative estimate of drug-likeness (QED) is 0.695. The smallest absolute Gasteiger partial charge is 0.0717 e. The molecule has 0 saturated heterocycles. The summed E-state index contributed by atoms with van der Waals surface area (Å²) < 4.78 is 5.72. The van der Waals surface area contributed by atoms with Gasteiger partial charge >= 0.3 is 0 Å². The number of benzene rings is 1. The first-order chi connectivity index (χ1) is 7.38. The fraction of sp³-hybridized carbons (Fsp3) is 0.538. The van der Waals surface area contributed by atoms with Gasteiger partial charge in [-0.25, -0.2) is 0 Å². The summed E-state index contributed by atoms with van der Waals surface area (Å²) in [6.45, 7) is 4.04. The molecule has 0 aliphatic heterocycles. The first-order valence-electron chi connectivity index (χ1n) is 5.67. The van der Waals surface area contributed by atoms with Crippen molar-refractivity contribution in [3.8, 4) is 0 Å². The van der Waals surface area contributed by atoms with Crippen LogP contribution in [0.25, 0.3) is 0 Å². The molecule has 0 N–H and O–H groups in total. The number of hydrogen-bond acceptors (Lipinski definition) is 1. The van der Waals surface area contributed by atoms with Gasteiger partial charge in [0.1, 0.15) is 0 Å². The zero-order valence-electron chi connectivity index (χ0n) is 9.28. The summed E-state index contributed by atoms with van der Waals surface area (Å²) in [4.78, 5) is 0. The molecule has 0 spiro atoms. The van der Waals surface area contributed by atoms with Crippen LogP contribution in [-0.4, -0.2) is 18.9 Å². The van der Waals surface area contributed by atoms with E-state index in [4.69, 9.17) is 4.74 Å². The summed E-state index contributed by atoms with van der Waals surface area (Å²) in [5.74, 6) is 0.839. The Labute approximate surface area is 94.0 Å².